The lowest BCUT2D eigenvalue weighted by Gasteiger charge is -2.07. The monoisotopic (exact) mass is 164 g/mol. The third-order valence-electron chi connectivity index (χ3n) is 2.38. The summed E-state index contributed by atoms with van der Waals surface area (Å²) in [6.45, 7) is 2.24. The minimum absolute atomic E-state index is 1.26. The van der Waals surface area contributed by atoms with Crippen LogP contribution in [0.5, 0.6) is 0 Å². The van der Waals surface area contributed by atoms with Gasteiger partial charge in [0.15, 0.2) is 0 Å². The van der Waals surface area contributed by atoms with Gasteiger partial charge in [0.05, 0.1) is 0 Å². The van der Waals surface area contributed by atoms with Gasteiger partial charge in [-0.15, -0.1) is 0 Å². The molecule has 68 valence electrons. The highest BCUT2D eigenvalue weighted by molar-refractivity contribution is 5.19. The van der Waals surface area contributed by atoms with Crippen LogP contribution >= 0.6 is 0 Å². The first-order valence-electron chi connectivity index (χ1n) is 5.29. The van der Waals surface area contributed by atoms with Crippen LogP contribution in [-0.4, -0.2) is 0 Å². The summed E-state index contributed by atoms with van der Waals surface area (Å²) in [5, 5.41) is 0. The predicted octanol–water partition coefficient (Wildman–Crippen LogP) is 4.23. The molecule has 1 aliphatic rings. The molecule has 0 fully saturated rings. The summed E-state index contributed by atoms with van der Waals surface area (Å²) in [7, 11) is 0. The van der Waals surface area contributed by atoms with Crippen molar-refractivity contribution in [3.63, 3.8) is 0 Å². The van der Waals surface area contributed by atoms with Gasteiger partial charge in [-0.05, 0) is 32.1 Å². The molecule has 0 unspecified atom stereocenters. The number of allylic oxidation sites excluding steroid dienone is 4. The van der Waals surface area contributed by atoms with Gasteiger partial charge in [0, 0.05) is 0 Å². The van der Waals surface area contributed by atoms with E-state index in [2.05, 4.69) is 25.2 Å². The molecule has 0 bridgehead atoms. The average molecular weight is 164 g/mol. The van der Waals surface area contributed by atoms with Crippen molar-refractivity contribution in [2.45, 2.75) is 51.9 Å². The molecular weight excluding hydrogens is 144 g/mol. The van der Waals surface area contributed by atoms with Crippen LogP contribution in [0.1, 0.15) is 51.9 Å². The third-order valence-corrected chi connectivity index (χ3v) is 2.38. The minimum atomic E-state index is 1.26. The van der Waals surface area contributed by atoms with Crippen LogP contribution in [0.2, 0.25) is 0 Å². The summed E-state index contributed by atoms with van der Waals surface area (Å²) >= 11 is 0. The van der Waals surface area contributed by atoms with E-state index in [-0.39, 0.29) is 0 Å². The standard InChI is InChI=1S/C12H20/c1-2-3-4-6-9-12-10-7-5-8-11-12/h6,9-10H,2-5,7-8,11H2,1H3. The molecule has 0 heterocycles. The molecule has 1 rings (SSSR count). The Labute approximate surface area is 76.4 Å². The smallest absolute Gasteiger partial charge is 0.0282 e. The van der Waals surface area contributed by atoms with Crippen molar-refractivity contribution in [3.05, 3.63) is 23.8 Å². The Morgan fingerprint density at radius 2 is 2.33 bits per heavy atom. The normalized spacial score (nSPS) is 18.2. The molecule has 0 nitrogen and oxygen atoms in total. The first-order chi connectivity index (χ1) is 5.93. The highest BCUT2D eigenvalue weighted by Crippen LogP contribution is 2.18. The van der Waals surface area contributed by atoms with Crippen LogP contribution in [-0.2, 0) is 0 Å². The van der Waals surface area contributed by atoms with E-state index in [0.29, 0.717) is 0 Å². The summed E-state index contributed by atoms with van der Waals surface area (Å²) in [5.41, 5.74) is 1.57. The first-order valence-corrected chi connectivity index (χ1v) is 5.29. The van der Waals surface area contributed by atoms with E-state index in [4.69, 9.17) is 0 Å². The molecule has 0 aromatic rings. The first kappa shape index (κ1) is 9.57. The van der Waals surface area contributed by atoms with Gasteiger partial charge < -0.3 is 0 Å². The molecule has 0 heteroatoms. The maximum absolute atomic E-state index is 2.39. The van der Waals surface area contributed by atoms with Gasteiger partial charge in [0.1, 0.15) is 0 Å². The van der Waals surface area contributed by atoms with Gasteiger partial charge in [-0.2, -0.15) is 0 Å². The maximum Gasteiger partial charge on any atom is -0.0282 e. The molecule has 0 spiro atoms. The largest absolute Gasteiger partial charge is 0.0843 e. The van der Waals surface area contributed by atoms with E-state index in [1.54, 1.807) is 5.57 Å². The fourth-order valence-electron chi connectivity index (χ4n) is 1.57. The lowest BCUT2D eigenvalue weighted by atomic mass is 9.99. The van der Waals surface area contributed by atoms with Gasteiger partial charge in [0.25, 0.3) is 0 Å². The Morgan fingerprint density at radius 1 is 1.42 bits per heavy atom. The molecule has 0 saturated carbocycles. The fourth-order valence-corrected chi connectivity index (χ4v) is 1.57. The topological polar surface area (TPSA) is 0 Å². The Balaban J connectivity index is 2.19. The molecule has 0 atom stereocenters. The van der Waals surface area contributed by atoms with Crippen LogP contribution < -0.4 is 0 Å². The lowest BCUT2D eigenvalue weighted by molar-refractivity contribution is 0.711. The van der Waals surface area contributed by atoms with E-state index in [1.165, 1.54) is 44.9 Å². The van der Waals surface area contributed by atoms with Crippen molar-refractivity contribution in [3.8, 4) is 0 Å². The Hall–Kier alpha value is -0.520. The van der Waals surface area contributed by atoms with Crippen LogP contribution in [0, 0.1) is 0 Å². The fraction of sp³-hybridized carbons (Fsp3) is 0.667. The lowest BCUT2D eigenvalue weighted by Crippen LogP contribution is -1.87. The van der Waals surface area contributed by atoms with E-state index in [1.807, 2.05) is 0 Å². The molecule has 0 aromatic carbocycles. The van der Waals surface area contributed by atoms with Crippen molar-refractivity contribution in [1.29, 1.82) is 0 Å². The zero-order valence-corrected chi connectivity index (χ0v) is 8.18. The summed E-state index contributed by atoms with van der Waals surface area (Å²) in [6, 6.07) is 0. The van der Waals surface area contributed by atoms with Gasteiger partial charge in [-0.25, -0.2) is 0 Å². The molecule has 0 aromatic heterocycles. The third kappa shape index (κ3) is 3.75. The van der Waals surface area contributed by atoms with Gasteiger partial charge in [-0.3, -0.25) is 0 Å². The number of hydrogen-bond donors (Lipinski definition) is 0. The molecular formula is C12H20. The van der Waals surface area contributed by atoms with E-state index in [0.717, 1.165) is 0 Å². The molecule has 0 radical (unpaired) electrons. The summed E-state index contributed by atoms with van der Waals surface area (Å²) < 4.78 is 0. The summed E-state index contributed by atoms with van der Waals surface area (Å²) in [4.78, 5) is 0. The van der Waals surface area contributed by atoms with Crippen LogP contribution in [0.3, 0.4) is 0 Å². The van der Waals surface area contributed by atoms with E-state index in [9.17, 15) is 0 Å². The quantitative estimate of drug-likeness (QED) is 0.545. The van der Waals surface area contributed by atoms with E-state index < -0.39 is 0 Å². The summed E-state index contributed by atoms with van der Waals surface area (Å²) in [5.74, 6) is 0. The zero-order chi connectivity index (χ0) is 8.65. The number of hydrogen-bond acceptors (Lipinski definition) is 0. The maximum atomic E-state index is 2.39. The molecule has 0 N–H and O–H groups in total. The Kier molecular flexibility index (Phi) is 4.82. The Bertz CT molecular complexity index is 163. The molecule has 0 saturated heterocycles. The number of unbranched alkanes of at least 4 members (excludes halogenated alkanes) is 2. The zero-order valence-electron chi connectivity index (χ0n) is 8.18. The van der Waals surface area contributed by atoms with Crippen LogP contribution in [0.15, 0.2) is 23.8 Å². The Morgan fingerprint density at radius 3 is 3.00 bits per heavy atom. The molecule has 1 aliphatic carbocycles. The van der Waals surface area contributed by atoms with Crippen molar-refractivity contribution in [2.75, 3.05) is 0 Å². The second-order valence-electron chi connectivity index (χ2n) is 3.57. The van der Waals surface area contributed by atoms with Crippen LogP contribution in [0.4, 0.5) is 0 Å². The molecule has 0 aliphatic heterocycles. The van der Waals surface area contributed by atoms with E-state index >= 15 is 0 Å². The molecule has 12 heavy (non-hydrogen) atoms. The second kappa shape index (κ2) is 6.05. The average Bonchev–Trinajstić information content (AvgIpc) is 2.14. The second-order valence-corrected chi connectivity index (χ2v) is 3.57. The van der Waals surface area contributed by atoms with Gasteiger partial charge in [0.2, 0.25) is 0 Å². The molecule has 0 amide bonds. The van der Waals surface area contributed by atoms with Gasteiger partial charge in [-0.1, -0.05) is 43.6 Å². The minimum Gasteiger partial charge on any atom is -0.0843 e. The van der Waals surface area contributed by atoms with Crippen LogP contribution in [0.25, 0.3) is 0 Å². The van der Waals surface area contributed by atoms with Crippen molar-refractivity contribution < 1.29 is 0 Å². The number of rotatable bonds is 4. The summed E-state index contributed by atoms with van der Waals surface area (Å²) in [6.07, 6.45) is 16.4. The predicted molar refractivity (Wildman–Crippen MR) is 55.2 cm³/mol. The van der Waals surface area contributed by atoms with Crippen molar-refractivity contribution in [1.82, 2.24) is 0 Å². The highest BCUT2D eigenvalue weighted by atomic mass is 14.0. The van der Waals surface area contributed by atoms with Gasteiger partial charge >= 0.3 is 0 Å². The van der Waals surface area contributed by atoms with Crippen molar-refractivity contribution >= 4 is 0 Å². The van der Waals surface area contributed by atoms with Crippen molar-refractivity contribution in [2.24, 2.45) is 0 Å². The highest BCUT2D eigenvalue weighted by Gasteiger charge is 1.98. The SMILES string of the molecule is CCCCC=CC1=CCCCC1.